The summed E-state index contributed by atoms with van der Waals surface area (Å²) in [7, 11) is 1.66. The van der Waals surface area contributed by atoms with Crippen LogP contribution >= 0.6 is 15.9 Å². The van der Waals surface area contributed by atoms with Crippen LogP contribution in [0.4, 0.5) is 0 Å². The monoisotopic (exact) mass is 284 g/mol. The summed E-state index contributed by atoms with van der Waals surface area (Å²) < 4.78 is 10.9. The summed E-state index contributed by atoms with van der Waals surface area (Å²) >= 11 is 3.37. The van der Waals surface area contributed by atoms with Crippen LogP contribution in [0.25, 0.3) is 6.08 Å². The highest BCUT2D eigenvalue weighted by atomic mass is 79.9. The summed E-state index contributed by atoms with van der Waals surface area (Å²) in [5.74, 6) is 1.59. The molecule has 0 aromatic heterocycles. The van der Waals surface area contributed by atoms with Gasteiger partial charge < -0.3 is 9.47 Å². The molecule has 1 rings (SSSR count). The molecule has 2 nitrogen and oxygen atoms in total. The Morgan fingerprint density at radius 3 is 2.75 bits per heavy atom. The number of alkyl halides is 1. The molecule has 0 bridgehead atoms. The molecule has 16 heavy (non-hydrogen) atoms. The molecule has 0 heterocycles. The van der Waals surface area contributed by atoms with E-state index in [1.165, 1.54) is 0 Å². The highest BCUT2D eigenvalue weighted by Crippen LogP contribution is 2.28. The summed E-state index contributed by atoms with van der Waals surface area (Å²) in [6, 6.07) is 5.94. The lowest BCUT2D eigenvalue weighted by atomic mass is 10.2. The molecule has 0 radical (unpaired) electrons. The minimum Gasteiger partial charge on any atom is -0.493 e. The van der Waals surface area contributed by atoms with Gasteiger partial charge in [0.05, 0.1) is 13.7 Å². The minimum absolute atomic E-state index is 0.699. The van der Waals surface area contributed by atoms with Gasteiger partial charge in [0.1, 0.15) is 0 Å². The molecule has 0 saturated carbocycles. The maximum Gasteiger partial charge on any atom is 0.161 e. The summed E-state index contributed by atoms with van der Waals surface area (Å²) in [6.07, 6.45) is 5.02. The van der Waals surface area contributed by atoms with Gasteiger partial charge in [-0.3, -0.25) is 0 Å². The lowest BCUT2D eigenvalue weighted by Crippen LogP contribution is -1.99. The molecule has 0 spiro atoms. The molecular formula is C13H17BrO2. The van der Waals surface area contributed by atoms with E-state index in [9.17, 15) is 0 Å². The first-order valence-electron chi connectivity index (χ1n) is 5.31. The molecule has 0 aliphatic heterocycles. The van der Waals surface area contributed by atoms with E-state index >= 15 is 0 Å². The van der Waals surface area contributed by atoms with E-state index in [-0.39, 0.29) is 0 Å². The van der Waals surface area contributed by atoms with E-state index in [4.69, 9.17) is 9.47 Å². The normalized spacial score (nSPS) is 10.7. The largest absolute Gasteiger partial charge is 0.493 e. The van der Waals surface area contributed by atoms with Crippen LogP contribution in [0.3, 0.4) is 0 Å². The van der Waals surface area contributed by atoms with Gasteiger partial charge in [0.15, 0.2) is 11.5 Å². The Kier molecular flexibility index (Phi) is 6.01. The van der Waals surface area contributed by atoms with Crippen LogP contribution in [-0.4, -0.2) is 19.0 Å². The molecule has 0 aliphatic carbocycles. The Labute approximate surface area is 105 Å². The van der Waals surface area contributed by atoms with Gasteiger partial charge in [0.2, 0.25) is 0 Å². The smallest absolute Gasteiger partial charge is 0.161 e. The van der Waals surface area contributed by atoms with Gasteiger partial charge in [0, 0.05) is 5.33 Å². The molecule has 0 fully saturated rings. The summed E-state index contributed by atoms with van der Waals surface area (Å²) in [4.78, 5) is 0. The third-order valence-electron chi connectivity index (χ3n) is 2.08. The number of benzene rings is 1. The number of rotatable bonds is 6. The van der Waals surface area contributed by atoms with Gasteiger partial charge in [-0.1, -0.05) is 34.1 Å². The summed E-state index contributed by atoms with van der Waals surface area (Å²) in [6.45, 7) is 2.69. The first-order chi connectivity index (χ1) is 7.81. The second kappa shape index (κ2) is 7.34. The van der Waals surface area contributed by atoms with Gasteiger partial charge >= 0.3 is 0 Å². The third-order valence-corrected chi connectivity index (χ3v) is 2.64. The van der Waals surface area contributed by atoms with E-state index in [0.29, 0.717) is 6.61 Å². The Morgan fingerprint density at radius 1 is 1.31 bits per heavy atom. The molecular weight excluding hydrogens is 268 g/mol. The van der Waals surface area contributed by atoms with Crippen LogP contribution in [0, 0.1) is 0 Å². The molecule has 0 aliphatic rings. The average molecular weight is 285 g/mol. The topological polar surface area (TPSA) is 18.5 Å². The van der Waals surface area contributed by atoms with Gasteiger partial charge in [-0.15, -0.1) is 0 Å². The zero-order valence-electron chi connectivity index (χ0n) is 9.70. The highest BCUT2D eigenvalue weighted by molar-refractivity contribution is 9.09. The van der Waals surface area contributed by atoms with Crippen molar-refractivity contribution in [3.05, 3.63) is 29.8 Å². The van der Waals surface area contributed by atoms with Gasteiger partial charge in [-0.25, -0.2) is 0 Å². The molecule has 1 aromatic carbocycles. The van der Waals surface area contributed by atoms with Crippen molar-refractivity contribution >= 4 is 22.0 Å². The van der Waals surface area contributed by atoms with Gasteiger partial charge in [0.25, 0.3) is 0 Å². The molecule has 0 atom stereocenters. The first kappa shape index (κ1) is 13.1. The molecule has 3 heteroatoms. The van der Waals surface area contributed by atoms with Gasteiger partial charge in [-0.05, 0) is 31.0 Å². The highest BCUT2D eigenvalue weighted by Gasteiger charge is 2.04. The average Bonchev–Trinajstić information content (AvgIpc) is 2.31. The standard InChI is InChI=1S/C13H17BrO2/c1-3-5-11-6-7-12(13(10-11)15-2)16-9-4-8-14/h3,5-7,10H,4,8-9H2,1-2H3/b5-3+. The van der Waals surface area contributed by atoms with Crippen LogP contribution < -0.4 is 9.47 Å². The SMILES string of the molecule is C/C=C/c1ccc(OCCCBr)c(OC)c1. The van der Waals surface area contributed by atoms with Crippen molar-refractivity contribution in [3.63, 3.8) is 0 Å². The second-order valence-corrected chi connectivity index (χ2v) is 4.09. The van der Waals surface area contributed by atoms with Crippen LogP contribution in [-0.2, 0) is 0 Å². The first-order valence-corrected chi connectivity index (χ1v) is 6.43. The molecule has 1 aromatic rings. The fraction of sp³-hybridized carbons (Fsp3) is 0.385. The summed E-state index contributed by atoms with van der Waals surface area (Å²) in [5.41, 5.74) is 1.12. The Bertz CT molecular complexity index is 348. The van der Waals surface area contributed by atoms with Crippen molar-refractivity contribution in [1.29, 1.82) is 0 Å². The van der Waals surface area contributed by atoms with E-state index in [2.05, 4.69) is 15.9 Å². The zero-order chi connectivity index (χ0) is 11.8. The Hall–Kier alpha value is -0.960. The quantitative estimate of drug-likeness (QED) is 0.583. The van der Waals surface area contributed by atoms with E-state index in [0.717, 1.165) is 28.8 Å². The van der Waals surface area contributed by atoms with Crippen molar-refractivity contribution in [2.24, 2.45) is 0 Å². The van der Waals surface area contributed by atoms with E-state index in [1.54, 1.807) is 7.11 Å². The Morgan fingerprint density at radius 2 is 2.12 bits per heavy atom. The lowest BCUT2D eigenvalue weighted by Gasteiger charge is -2.10. The van der Waals surface area contributed by atoms with Crippen molar-refractivity contribution in [2.45, 2.75) is 13.3 Å². The number of allylic oxidation sites excluding steroid dienone is 1. The van der Waals surface area contributed by atoms with Gasteiger partial charge in [-0.2, -0.15) is 0 Å². The minimum atomic E-state index is 0.699. The predicted octanol–water partition coefficient (Wildman–Crippen LogP) is 3.89. The number of methoxy groups -OCH3 is 1. The van der Waals surface area contributed by atoms with Crippen molar-refractivity contribution in [1.82, 2.24) is 0 Å². The summed E-state index contributed by atoms with van der Waals surface area (Å²) in [5, 5.41) is 0.950. The van der Waals surface area contributed by atoms with Crippen LogP contribution in [0.15, 0.2) is 24.3 Å². The Balaban J connectivity index is 2.76. The molecule has 0 unspecified atom stereocenters. The van der Waals surface area contributed by atoms with Crippen molar-refractivity contribution in [3.8, 4) is 11.5 Å². The fourth-order valence-corrected chi connectivity index (χ4v) is 1.57. The zero-order valence-corrected chi connectivity index (χ0v) is 11.3. The molecule has 88 valence electrons. The number of hydrogen-bond donors (Lipinski definition) is 0. The number of ether oxygens (including phenoxy) is 2. The van der Waals surface area contributed by atoms with Crippen LogP contribution in [0.5, 0.6) is 11.5 Å². The van der Waals surface area contributed by atoms with Crippen molar-refractivity contribution in [2.75, 3.05) is 19.0 Å². The molecule has 0 N–H and O–H groups in total. The van der Waals surface area contributed by atoms with E-state index in [1.807, 2.05) is 37.3 Å². The maximum absolute atomic E-state index is 5.62. The lowest BCUT2D eigenvalue weighted by molar-refractivity contribution is 0.295. The number of halogens is 1. The predicted molar refractivity (Wildman–Crippen MR) is 71.6 cm³/mol. The number of hydrogen-bond acceptors (Lipinski definition) is 2. The molecule has 0 amide bonds. The van der Waals surface area contributed by atoms with Crippen LogP contribution in [0.1, 0.15) is 18.9 Å². The fourth-order valence-electron chi connectivity index (χ4n) is 1.34. The van der Waals surface area contributed by atoms with E-state index < -0.39 is 0 Å². The third kappa shape index (κ3) is 3.89. The maximum atomic E-state index is 5.62. The van der Waals surface area contributed by atoms with Crippen LogP contribution in [0.2, 0.25) is 0 Å². The second-order valence-electron chi connectivity index (χ2n) is 3.30. The molecule has 0 saturated heterocycles. The van der Waals surface area contributed by atoms with Crippen molar-refractivity contribution < 1.29 is 9.47 Å².